The average Bonchev–Trinajstić information content (AvgIpc) is 3.16. The van der Waals surface area contributed by atoms with E-state index in [4.69, 9.17) is 15.6 Å². The van der Waals surface area contributed by atoms with Gasteiger partial charge in [0.25, 0.3) is 0 Å². The van der Waals surface area contributed by atoms with Crippen molar-refractivity contribution in [2.45, 2.75) is 5.37 Å². The van der Waals surface area contributed by atoms with Crippen LogP contribution in [0.1, 0.15) is 10.9 Å². The molecule has 7 nitrogen and oxygen atoms in total. The molecule has 0 fully saturated rings. The molecule has 1 unspecified atom stereocenters. The quantitative estimate of drug-likeness (QED) is 0.676. The molecular formula is C15H13F2N3O4S2. The smallest absolute Gasteiger partial charge is 0.355 e. The fraction of sp³-hybridized carbons (Fsp3) is 0.200. The molecule has 4 N–H and O–H groups in total. The summed E-state index contributed by atoms with van der Waals surface area (Å²) in [5.41, 5.74) is 5.38. The van der Waals surface area contributed by atoms with E-state index >= 15 is 0 Å². The van der Waals surface area contributed by atoms with Crippen molar-refractivity contribution in [2.75, 3.05) is 18.1 Å². The molecule has 0 radical (unpaired) electrons. The van der Waals surface area contributed by atoms with Crippen LogP contribution in [-0.2, 0) is 4.79 Å². The number of rotatable bonds is 6. The van der Waals surface area contributed by atoms with Crippen LogP contribution in [0.3, 0.4) is 0 Å². The number of hydrogen-bond acceptors (Lipinski definition) is 8. The van der Waals surface area contributed by atoms with Crippen LogP contribution in [0, 0.1) is 11.6 Å². The lowest BCUT2D eigenvalue weighted by Gasteiger charge is -2.27. The summed E-state index contributed by atoms with van der Waals surface area (Å²) in [4.78, 5) is 12.9. The minimum Gasteiger partial charge on any atom is -0.479 e. The highest BCUT2D eigenvalue weighted by Gasteiger charge is 2.41. The molecule has 0 spiro atoms. The Morgan fingerprint density at radius 3 is 2.69 bits per heavy atom. The van der Waals surface area contributed by atoms with E-state index in [1.165, 1.54) is 17.2 Å². The van der Waals surface area contributed by atoms with E-state index in [1.54, 1.807) is 0 Å². The van der Waals surface area contributed by atoms with Gasteiger partial charge < -0.3 is 25.6 Å². The topological polar surface area (TPSA) is 109 Å². The summed E-state index contributed by atoms with van der Waals surface area (Å²) in [5.74, 6) is -3.01. The van der Waals surface area contributed by atoms with Gasteiger partial charge in [-0.1, -0.05) is 17.8 Å². The van der Waals surface area contributed by atoms with Gasteiger partial charge in [0.1, 0.15) is 29.3 Å². The molecule has 2 heterocycles. The maximum Gasteiger partial charge on any atom is 0.355 e. The Kier molecular flexibility index (Phi) is 5.30. The summed E-state index contributed by atoms with van der Waals surface area (Å²) in [5, 5.41) is 17.5. The summed E-state index contributed by atoms with van der Waals surface area (Å²) < 4.78 is 37.9. The fourth-order valence-corrected chi connectivity index (χ4v) is 4.31. The van der Waals surface area contributed by atoms with Crippen molar-refractivity contribution in [3.8, 4) is 5.06 Å². The number of carboxylic acid groups (broad SMARTS) is 1. The third-order valence-corrected chi connectivity index (χ3v) is 5.32. The maximum atomic E-state index is 14.3. The number of anilines is 1. The standard InChI is InChI=1S/C15H13F2N3O4S2/c16-7-2-1-3-8(17)10(7)13-20(11(14(22)23)12(18)25-13)9-6-19-26-15(9)24-5-4-21/h1-3,6,13,21H,4-5,18H2,(H,22,23). The van der Waals surface area contributed by atoms with Crippen LogP contribution in [0.15, 0.2) is 35.1 Å². The van der Waals surface area contributed by atoms with Crippen LogP contribution >= 0.6 is 23.3 Å². The molecule has 2 aromatic rings. The van der Waals surface area contributed by atoms with Crippen LogP contribution in [0.5, 0.6) is 5.06 Å². The van der Waals surface area contributed by atoms with Crippen molar-refractivity contribution in [3.05, 3.63) is 52.3 Å². The normalized spacial score (nSPS) is 17.0. The van der Waals surface area contributed by atoms with Gasteiger partial charge >= 0.3 is 5.97 Å². The molecule has 1 aliphatic rings. The Morgan fingerprint density at radius 2 is 2.08 bits per heavy atom. The van der Waals surface area contributed by atoms with E-state index in [0.29, 0.717) is 0 Å². The number of carbonyl (C=O) groups is 1. The number of aromatic nitrogens is 1. The first-order valence-electron chi connectivity index (χ1n) is 7.26. The number of nitrogens with zero attached hydrogens (tertiary/aromatic N) is 2. The zero-order chi connectivity index (χ0) is 18.8. The van der Waals surface area contributed by atoms with Crippen LogP contribution < -0.4 is 15.4 Å². The zero-order valence-corrected chi connectivity index (χ0v) is 14.7. The molecule has 1 aromatic carbocycles. The van der Waals surface area contributed by atoms with Gasteiger partial charge in [-0.2, -0.15) is 4.37 Å². The molecule has 138 valence electrons. The Labute approximate surface area is 154 Å². The maximum absolute atomic E-state index is 14.3. The Bertz CT molecular complexity index is 854. The van der Waals surface area contributed by atoms with Crippen molar-refractivity contribution in [1.82, 2.24) is 4.37 Å². The van der Waals surface area contributed by atoms with Crippen LogP contribution in [0.25, 0.3) is 0 Å². The highest BCUT2D eigenvalue weighted by Crippen LogP contribution is 2.52. The number of carboxylic acids is 1. The molecule has 0 saturated heterocycles. The van der Waals surface area contributed by atoms with Crippen molar-refractivity contribution in [2.24, 2.45) is 5.73 Å². The zero-order valence-electron chi connectivity index (χ0n) is 13.1. The summed E-state index contributed by atoms with van der Waals surface area (Å²) in [6.45, 7) is -0.308. The molecule has 1 atom stereocenters. The summed E-state index contributed by atoms with van der Waals surface area (Å²) in [7, 11) is 0. The number of aliphatic hydroxyl groups excluding tert-OH is 1. The van der Waals surface area contributed by atoms with Crippen LogP contribution in [0.4, 0.5) is 14.5 Å². The number of thioether (sulfide) groups is 1. The number of halogens is 2. The van der Waals surface area contributed by atoms with Crippen molar-refractivity contribution in [3.63, 3.8) is 0 Å². The first-order chi connectivity index (χ1) is 12.5. The first kappa shape index (κ1) is 18.4. The van der Waals surface area contributed by atoms with Gasteiger partial charge in [0.05, 0.1) is 23.4 Å². The lowest BCUT2D eigenvalue weighted by molar-refractivity contribution is -0.132. The number of hydrogen-bond donors (Lipinski definition) is 3. The van der Waals surface area contributed by atoms with E-state index < -0.39 is 23.0 Å². The van der Waals surface area contributed by atoms with Crippen molar-refractivity contribution in [1.29, 1.82) is 0 Å². The molecular weight excluding hydrogens is 388 g/mol. The minimum absolute atomic E-state index is 0.0451. The number of nitrogens with two attached hydrogens (primary N) is 1. The van der Waals surface area contributed by atoms with Crippen LogP contribution in [-0.4, -0.2) is 33.8 Å². The third kappa shape index (κ3) is 3.20. The molecule has 0 saturated carbocycles. The molecule has 0 bridgehead atoms. The molecule has 1 aromatic heterocycles. The van der Waals surface area contributed by atoms with Gasteiger partial charge in [-0.05, 0) is 12.1 Å². The summed E-state index contributed by atoms with van der Waals surface area (Å²) >= 11 is 1.74. The molecule has 11 heteroatoms. The lowest BCUT2D eigenvalue weighted by Crippen LogP contribution is -2.28. The van der Waals surface area contributed by atoms with Crippen LogP contribution in [0.2, 0.25) is 0 Å². The van der Waals surface area contributed by atoms with Gasteiger partial charge in [0.15, 0.2) is 5.70 Å². The van der Waals surface area contributed by atoms with Gasteiger partial charge in [-0.3, -0.25) is 0 Å². The number of aliphatic carboxylic acids is 1. The van der Waals surface area contributed by atoms with Gasteiger partial charge in [-0.25, -0.2) is 13.6 Å². The fourth-order valence-electron chi connectivity index (χ4n) is 2.48. The highest BCUT2D eigenvalue weighted by molar-refractivity contribution is 8.03. The van der Waals surface area contributed by atoms with Crippen molar-refractivity contribution < 1.29 is 28.5 Å². The SMILES string of the molecule is NC1=C(C(=O)O)N(c2cnsc2OCCO)C(c2c(F)cccc2F)S1. The summed E-state index contributed by atoms with van der Waals surface area (Å²) in [6, 6.07) is 3.39. The van der Waals surface area contributed by atoms with E-state index in [-0.39, 0.29) is 40.3 Å². The monoisotopic (exact) mass is 401 g/mol. The predicted octanol–water partition coefficient (Wildman–Crippen LogP) is 2.26. The molecule has 3 rings (SSSR count). The molecule has 26 heavy (non-hydrogen) atoms. The van der Waals surface area contributed by atoms with E-state index in [1.807, 2.05) is 0 Å². The largest absolute Gasteiger partial charge is 0.479 e. The number of ether oxygens (including phenoxy) is 1. The molecule has 1 aliphatic heterocycles. The summed E-state index contributed by atoms with van der Waals surface area (Å²) in [6.07, 6.45) is 1.32. The Balaban J connectivity index is 2.12. The Hall–Kier alpha value is -2.37. The van der Waals surface area contributed by atoms with Gasteiger partial charge in [0.2, 0.25) is 5.06 Å². The second-order valence-electron chi connectivity index (χ2n) is 5.06. The van der Waals surface area contributed by atoms with E-state index in [2.05, 4.69) is 4.37 Å². The molecule has 0 aliphatic carbocycles. The van der Waals surface area contributed by atoms with Crippen molar-refractivity contribution >= 4 is 35.0 Å². The minimum atomic E-state index is -1.35. The average molecular weight is 401 g/mol. The second kappa shape index (κ2) is 7.48. The second-order valence-corrected chi connectivity index (χ2v) is 6.95. The Morgan fingerprint density at radius 1 is 1.38 bits per heavy atom. The van der Waals surface area contributed by atoms with E-state index in [0.717, 1.165) is 35.4 Å². The predicted molar refractivity (Wildman–Crippen MR) is 92.7 cm³/mol. The lowest BCUT2D eigenvalue weighted by atomic mass is 10.1. The highest BCUT2D eigenvalue weighted by atomic mass is 32.2. The molecule has 0 amide bonds. The van der Waals surface area contributed by atoms with Gasteiger partial charge in [0, 0.05) is 11.5 Å². The van der Waals surface area contributed by atoms with E-state index in [9.17, 15) is 18.7 Å². The number of aliphatic hydroxyl groups is 1. The van der Waals surface area contributed by atoms with Gasteiger partial charge in [-0.15, -0.1) is 0 Å². The number of benzene rings is 1. The first-order valence-corrected chi connectivity index (χ1v) is 8.92. The third-order valence-electron chi connectivity index (χ3n) is 3.50.